The molecule has 0 spiro atoms. The molecule has 6 rings (SSSR count). The van der Waals surface area contributed by atoms with Crippen LogP contribution in [-0.4, -0.2) is 45.4 Å². The first kappa shape index (κ1) is 27.6. The molecular weight excluding hydrogens is 526 g/mol. The summed E-state index contributed by atoms with van der Waals surface area (Å²) in [6.07, 6.45) is 3.61. The Hall–Kier alpha value is -3.53. The van der Waals surface area contributed by atoms with E-state index in [4.69, 9.17) is 20.0 Å². The largest absolute Gasteiger partial charge is 0.494 e. The Bertz CT molecular complexity index is 1510. The van der Waals surface area contributed by atoms with Gasteiger partial charge < -0.3 is 24.5 Å². The van der Waals surface area contributed by atoms with Crippen LogP contribution in [0.3, 0.4) is 0 Å². The number of benzene rings is 2. The Morgan fingerprint density at radius 1 is 1.07 bits per heavy atom. The van der Waals surface area contributed by atoms with Gasteiger partial charge in [0.05, 0.1) is 17.6 Å². The third-order valence-corrected chi connectivity index (χ3v) is 8.87. The molecule has 1 saturated heterocycles. The number of nitrogens with zero attached hydrogens (tertiary/aromatic N) is 5. The second-order valence-corrected chi connectivity index (χ2v) is 12.0. The van der Waals surface area contributed by atoms with Crippen molar-refractivity contribution in [2.75, 3.05) is 24.6 Å². The van der Waals surface area contributed by atoms with Gasteiger partial charge in [-0.05, 0) is 67.0 Å². The molecule has 0 amide bonds. The Balaban J connectivity index is 1.04. The van der Waals surface area contributed by atoms with E-state index in [1.54, 1.807) is 0 Å². The number of rotatable bonds is 8. The van der Waals surface area contributed by atoms with Gasteiger partial charge in [0.1, 0.15) is 23.2 Å². The van der Waals surface area contributed by atoms with Crippen LogP contribution >= 0.6 is 0 Å². The van der Waals surface area contributed by atoms with Crippen molar-refractivity contribution in [3.63, 3.8) is 0 Å². The number of imidazole rings is 1. The summed E-state index contributed by atoms with van der Waals surface area (Å²) < 4.78 is 42.1. The molecule has 3 atom stereocenters. The quantitative estimate of drug-likeness (QED) is 0.289. The fourth-order valence-electron chi connectivity index (χ4n) is 6.28. The van der Waals surface area contributed by atoms with Crippen LogP contribution in [-0.2, 0) is 13.0 Å². The second kappa shape index (κ2) is 11.4. The highest BCUT2D eigenvalue weighted by atomic mass is 19.1. The third-order valence-electron chi connectivity index (χ3n) is 8.87. The predicted molar refractivity (Wildman–Crippen MR) is 153 cm³/mol. The number of halogens is 2. The SMILES string of the molecule is CC(C)c1noc(N2CCC([C@H](C)CCOc3ccc4c(c3)nc3n4C[C@H](N)[C@@H](c4cc(F)ccc4F)C3)CC2)n1. The zero-order valence-corrected chi connectivity index (χ0v) is 23.9. The lowest BCUT2D eigenvalue weighted by molar-refractivity contribution is 0.220. The van der Waals surface area contributed by atoms with Gasteiger partial charge in [0.2, 0.25) is 0 Å². The zero-order chi connectivity index (χ0) is 28.7. The smallest absolute Gasteiger partial charge is 0.324 e. The van der Waals surface area contributed by atoms with Crippen LogP contribution in [0, 0.1) is 23.5 Å². The average molecular weight is 565 g/mol. The molecule has 10 heteroatoms. The fourth-order valence-corrected chi connectivity index (χ4v) is 6.28. The second-order valence-electron chi connectivity index (χ2n) is 12.0. The van der Waals surface area contributed by atoms with Crippen molar-refractivity contribution in [1.82, 2.24) is 19.7 Å². The highest BCUT2D eigenvalue weighted by molar-refractivity contribution is 5.78. The molecule has 2 aliphatic rings. The van der Waals surface area contributed by atoms with Gasteiger partial charge in [-0.1, -0.05) is 25.9 Å². The van der Waals surface area contributed by atoms with Crippen molar-refractivity contribution in [3.8, 4) is 5.75 Å². The van der Waals surface area contributed by atoms with Crippen molar-refractivity contribution < 1.29 is 18.0 Å². The molecule has 4 aromatic rings. The number of hydrogen-bond donors (Lipinski definition) is 1. The molecule has 41 heavy (non-hydrogen) atoms. The summed E-state index contributed by atoms with van der Waals surface area (Å²) in [5.41, 5.74) is 8.57. The van der Waals surface area contributed by atoms with Gasteiger partial charge in [-0.2, -0.15) is 4.98 Å². The first-order valence-electron chi connectivity index (χ1n) is 14.7. The lowest BCUT2D eigenvalue weighted by Gasteiger charge is -2.33. The van der Waals surface area contributed by atoms with Gasteiger partial charge in [-0.25, -0.2) is 13.8 Å². The molecular formula is C31H38F2N6O2. The van der Waals surface area contributed by atoms with E-state index in [1.165, 1.54) is 12.1 Å². The predicted octanol–water partition coefficient (Wildman–Crippen LogP) is 5.81. The highest BCUT2D eigenvalue weighted by Gasteiger charge is 2.32. The highest BCUT2D eigenvalue weighted by Crippen LogP contribution is 2.34. The Morgan fingerprint density at radius 2 is 1.88 bits per heavy atom. The molecule has 0 aliphatic carbocycles. The van der Waals surface area contributed by atoms with E-state index < -0.39 is 11.6 Å². The Morgan fingerprint density at radius 3 is 2.63 bits per heavy atom. The first-order valence-corrected chi connectivity index (χ1v) is 14.7. The number of anilines is 1. The molecule has 1 fully saturated rings. The fraction of sp³-hybridized carbons (Fsp3) is 0.516. The normalized spacial score (nSPS) is 20.5. The summed E-state index contributed by atoms with van der Waals surface area (Å²) in [5.74, 6) is 2.57. The molecule has 0 bridgehead atoms. The molecule has 2 aliphatic heterocycles. The van der Waals surface area contributed by atoms with Crippen LogP contribution in [0.4, 0.5) is 14.8 Å². The number of aromatic nitrogens is 4. The molecule has 218 valence electrons. The topological polar surface area (TPSA) is 95.2 Å². The lowest BCUT2D eigenvalue weighted by Crippen LogP contribution is -2.39. The molecule has 0 unspecified atom stereocenters. The van der Waals surface area contributed by atoms with E-state index >= 15 is 0 Å². The van der Waals surface area contributed by atoms with E-state index in [0.29, 0.717) is 43.0 Å². The summed E-state index contributed by atoms with van der Waals surface area (Å²) in [7, 11) is 0. The van der Waals surface area contributed by atoms with Crippen LogP contribution in [0.25, 0.3) is 11.0 Å². The molecule has 2 N–H and O–H groups in total. The number of piperidine rings is 1. The van der Waals surface area contributed by atoms with Gasteiger partial charge >= 0.3 is 6.01 Å². The summed E-state index contributed by atoms with van der Waals surface area (Å²) >= 11 is 0. The monoisotopic (exact) mass is 564 g/mol. The van der Waals surface area contributed by atoms with Crippen LogP contribution in [0.5, 0.6) is 5.75 Å². The van der Waals surface area contributed by atoms with Crippen molar-refractivity contribution >= 4 is 17.0 Å². The van der Waals surface area contributed by atoms with Crippen LogP contribution in [0.1, 0.15) is 69.1 Å². The maximum absolute atomic E-state index is 14.5. The molecule has 8 nitrogen and oxygen atoms in total. The molecule has 0 radical (unpaired) electrons. The van der Waals surface area contributed by atoms with Crippen LogP contribution in [0.2, 0.25) is 0 Å². The van der Waals surface area contributed by atoms with Crippen LogP contribution in [0.15, 0.2) is 40.9 Å². The minimum atomic E-state index is -0.460. The van der Waals surface area contributed by atoms with Crippen LogP contribution < -0.4 is 15.4 Å². The first-order chi connectivity index (χ1) is 19.8. The van der Waals surface area contributed by atoms with Gasteiger partial charge in [-0.15, -0.1) is 0 Å². The summed E-state index contributed by atoms with van der Waals surface area (Å²) in [6, 6.07) is 9.79. The van der Waals surface area contributed by atoms with Gasteiger partial charge in [0, 0.05) is 50.0 Å². The Labute approximate surface area is 238 Å². The number of ether oxygens (including phenoxy) is 1. The molecule has 4 heterocycles. The van der Waals surface area contributed by atoms with Crippen molar-refractivity contribution in [2.24, 2.45) is 17.6 Å². The van der Waals surface area contributed by atoms with Gasteiger partial charge in [0.25, 0.3) is 0 Å². The van der Waals surface area contributed by atoms with Gasteiger partial charge in [-0.3, -0.25) is 0 Å². The summed E-state index contributed by atoms with van der Waals surface area (Å²) in [5, 5.41) is 4.10. The molecule has 0 saturated carbocycles. The van der Waals surface area contributed by atoms with E-state index in [2.05, 4.69) is 40.4 Å². The van der Waals surface area contributed by atoms with E-state index in [9.17, 15) is 8.78 Å². The number of fused-ring (bicyclic) bond motifs is 3. The zero-order valence-electron chi connectivity index (χ0n) is 23.9. The lowest BCUT2D eigenvalue weighted by atomic mass is 9.84. The number of nitrogens with two attached hydrogens (primary N) is 1. The molecule has 2 aromatic carbocycles. The van der Waals surface area contributed by atoms with E-state index in [1.807, 2.05) is 18.2 Å². The van der Waals surface area contributed by atoms with Crippen molar-refractivity contribution in [3.05, 3.63) is 65.2 Å². The standard InChI is InChI=1S/C31H38F2N6O2/c1-18(2)30-36-31(41-37-30)38-11-8-20(9-12-38)19(3)10-13-40-22-5-7-28-27(15-22)35-29-16-24(26(34)17-39(28)29)23-14-21(32)4-6-25(23)33/h4-7,14-15,18-20,24,26H,8-13,16-17,34H2,1-3H3/t19-,24-,26+/m1/s1. The molecule has 2 aromatic heterocycles. The average Bonchev–Trinajstić information content (AvgIpc) is 3.59. The van der Waals surface area contributed by atoms with E-state index in [-0.39, 0.29) is 17.9 Å². The summed E-state index contributed by atoms with van der Waals surface area (Å²) in [6.45, 7) is 9.41. The number of hydrogen-bond acceptors (Lipinski definition) is 7. The summed E-state index contributed by atoms with van der Waals surface area (Å²) in [4.78, 5) is 11.6. The third kappa shape index (κ3) is 5.66. The maximum atomic E-state index is 14.5. The minimum absolute atomic E-state index is 0.258. The minimum Gasteiger partial charge on any atom is -0.494 e. The van der Waals surface area contributed by atoms with Crippen molar-refractivity contribution in [1.29, 1.82) is 0 Å². The van der Waals surface area contributed by atoms with E-state index in [0.717, 1.165) is 66.9 Å². The maximum Gasteiger partial charge on any atom is 0.324 e. The Kier molecular flexibility index (Phi) is 7.68. The van der Waals surface area contributed by atoms with Crippen molar-refractivity contribution in [2.45, 2.75) is 70.9 Å². The van der Waals surface area contributed by atoms with Gasteiger partial charge in [0.15, 0.2) is 5.82 Å².